The van der Waals surface area contributed by atoms with Gasteiger partial charge in [-0.25, -0.2) is 9.97 Å². The lowest BCUT2D eigenvalue weighted by atomic mass is 10.0. The van der Waals surface area contributed by atoms with Gasteiger partial charge in [0, 0.05) is 31.6 Å². The minimum absolute atomic E-state index is 0.0760. The number of fused-ring (bicyclic) bond motifs is 1. The summed E-state index contributed by atoms with van der Waals surface area (Å²) >= 11 is 0. The molecule has 136 valence electrons. The zero-order valence-electron chi connectivity index (χ0n) is 14.5. The zero-order chi connectivity index (χ0) is 17.8. The lowest BCUT2D eigenvalue weighted by molar-refractivity contribution is -0.134. The van der Waals surface area contributed by atoms with E-state index in [0.29, 0.717) is 25.1 Å². The number of nitrogens with zero attached hydrogens (tertiary/aromatic N) is 4. The Kier molecular flexibility index (Phi) is 5.06. The summed E-state index contributed by atoms with van der Waals surface area (Å²) in [7, 11) is 0. The number of hydrogen-bond acceptors (Lipinski definition) is 6. The molecule has 2 aliphatic heterocycles. The van der Waals surface area contributed by atoms with Gasteiger partial charge in [0.2, 0.25) is 5.91 Å². The molecule has 4 heterocycles. The Labute approximate surface area is 152 Å². The van der Waals surface area contributed by atoms with Crippen molar-refractivity contribution in [3.63, 3.8) is 0 Å². The van der Waals surface area contributed by atoms with E-state index in [1.807, 2.05) is 17.0 Å². The standard InChI is InChI=1S/C19H22N4O3/c24-18(6-5-14-9-21-13-22-10-14)23-12-17(19-16(23)4-2-8-25-19)26-15-3-1-7-20-11-15/h1,3,7,9-11,13,16-17,19H,2,4-6,8,12H2/t16-,17+,19+/m1/s1. The van der Waals surface area contributed by atoms with Gasteiger partial charge >= 0.3 is 0 Å². The van der Waals surface area contributed by atoms with E-state index in [0.717, 1.165) is 25.0 Å². The van der Waals surface area contributed by atoms with E-state index < -0.39 is 0 Å². The van der Waals surface area contributed by atoms with Gasteiger partial charge in [-0.05, 0) is 37.0 Å². The Morgan fingerprint density at radius 3 is 2.96 bits per heavy atom. The summed E-state index contributed by atoms with van der Waals surface area (Å²) in [6, 6.07) is 3.81. The summed E-state index contributed by atoms with van der Waals surface area (Å²) in [5.74, 6) is 0.841. The summed E-state index contributed by atoms with van der Waals surface area (Å²) in [4.78, 5) is 26.9. The number of amides is 1. The highest BCUT2D eigenvalue weighted by Crippen LogP contribution is 2.32. The molecule has 4 rings (SSSR count). The van der Waals surface area contributed by atoms with Crippen LogP contribution in [0.4, 0.5) is 0 Å². The van der Waals surface area contributed by atoms with Crippen LogP contribution in [-0.4, -0.2) is 57.2 Å². The van der Waals surface area contributed by atoms with Gasteiger partial charge in [-0.2, -0.15) is 0 Å². The Morgan fingerprint density at radius 1 is 1.27 bits per heavy atom. The van der Waals surface area contributed by atoms with E-state index in [-0.39, 0.29) is 24.2 Å². The number of ether oxygens (including phenoxy) is 2. The molecule has 0 aromatic carbocycles. The molecule has 2 saturated heterocycles. The van der Waals surface area contributed by atoms with E-state index in [1.54, 1.807) is 24.8 Å². The van der Waals surface area contributed by atoms with Gasteiger partial charge in [0.25, 0.3) is 0 Å². The number of pyridine rings is 1. The number of aromatic nitrogens is 3. The molecule has 0 spiro atoms. The SMILES string of the molecule is O=C(CCc1cncnc1)N1C[C@H](Oc2cccnc2)[C@H]2OCCC[C@H]21. The smallest absolute Gasteiger partial charge is 0.223 e. The predicted octanol–water partition coefficient (Wildman–Crippen LogP) is 1.64. The topological polar surface area (TPSA) is 77.4 Å². The highest BCUT2D eigenvalue weighted by atomic mass is 16.5. The van der Waals surface area contributed by atoms with Crippen LogP contribution in [0.15, 0.2) is 43.2 Å². The van der Waals surface area contributed by atoms with Crippen molar-refractivity contribution < 1.29 is 14.3 Å². The van der Waals surface area contributed by atoms with Gasteiger partial charge in [0.05, 0.1) is 18.8 Å². The number of rotatable bonds is 5. The fourth-order valence-corrected chi connectivity index (χ4v) is 3.75. The summed E-state index contributed by atoms with van der Waals surface area (Å²) in [5, 5.41) is 0. The van der Waals surface area contributed by atoms with Crippen molar-refractivity contribution in [2.24, 2.45) is 0 Å². The number of hydrogen-bond donors (Lipinski definition) is 0. The van der Waals surface area contributed by atoms with E-state index >= 15 is 0 Å². The maximum absolute atomic E-state index is 12.8. The summed E-state index contributed by atoms with van der Waals surface area (Å²) < 4.78 is 12.1. The van der Waals surface area contributed by atoms with Crippen LogP contribution in [0.1, 0.15) is 24.8 Å². The average molecular weight is 354 g/mol. The van der Waals surface area contributed by atoms with Crippen LogP contribution in [0.25, 0.3) is 0 Å². The van der Waals surface area contributed by atoms with E-state index in [2.05, 4.69) is 15.0 Å². The number of likely N-dealkylation sites (tertiary alicyclic amines) is 1. The molecule has 0 saturated carbocycles. The maximum atomic E-state index is 12.8. The number of carbonyl (C=O) groups is 1. The first-order chi connectivity index (χ1) is 12.8. The molecule has 2 aromatic heterocycles. The first-order valence-corrected chi connectivity index (χ1v) is 9.03. The highest BCUT2D eigenvalue weighted by molar-refractivity contribution is 5.77. The van der Waals surface area contributed by atoms with Gasteiger partial charge in [-0.3, -0.25) is 9.78 Å². The molecule has 0 aliphatic carbocycles. The molecule has 0 radical (unpaired) electrons. The van der Waals surface area contributed by atoms with Gasteiger partial charge < -0.3 is 14.4 Å². The number of aryl methyl sites for hydroxylation is 1. The third-order valence-corrected chi connectivity index (χ3v) is 4.96. The molecule has 7 heteroatoms. The summed E-state index contributed by atoms with van der Waals surface area (Å²) in [6.07, 6.45) is 11.2. The molecule has 2 aromatic rings. The van der Waals surface area contributed by atoms with Gasteiger partial charge in [0.15, 0.2) is 0 Å². The fourth-order valence-electron chi connectivity index (χ4n) is 3.75. The van der Waals surface area contributed by atoms with Crippen molar-refractivity contribution >= 4 is 5.91 Å². The van der Waals surface area contributed by atoms with E-state index in [9.17, 15) is 4.79 Å². The minimum Gasteiger partial charge on any atom is -0.484 e. The van der Waals surface area contributed by atoms with Gasteiger partial charge in [-0.1, -0.05) is 0 Å². The van der Waals surface area contributed by atoms with E-state index in [4.69, 9.17) is 9.47 Å². The van der Waals surface area contributed by atoms with Gasteiger partial charge in [-0.15, -0.1) is 0 Å². The zero-order valence-corrected chi connectivity index (χ0v) is 14.5. The Bertz CT molecular complexity index is 728. The second-order valence-electron chi connectivity index (χ2n) is 6.68. The van der Waals surface area contributed by atoms with Gasteiger partial charge in [0.1, 0.15) is 24.3 Å². The molecule has 2 aliphatic rings. The van der Waals surface area contributed by atoms with E-state index in [1.165, 1.54) is 6.33 Å². The first kappa shape index (κ1) is 16.9. The highest BCUT2D eigenvalue weighted by Gasteiger charge is 2.47. The molecular weight excluding hydrogens is 332 g/mol. The molecule has 0 bridgehead atoms. The minimum atomic E-state index is -0.159. The molecule has 1 amide bonds. The summed E-state index contributed by atoms with van der Waals surface area (Å²) in [5.41, 5.74) is 0.972. The first-order valence-electron chi connectivity index (χ1n) is 9.03. The van der Waals surface area contributed by atoms with Crippen LogP contribution in [-0.2, 0) is 16.0 Å². The van der Waals surface area contributed by atoms with Crippen molar-refractivity contribution in [3.05, 3.63) is 48.8 Å². The van der Waals surface area contributed by atoms with Crippen molar-refractivity contribution in [1.82, 2.24) is 19.9 Å². The second kappa shape index (κ2) is 7.78. The summed E-state index contributed by atoms with van der Waals surface area (Å²) in [6.45, 7) is 1.27. The third-order valence-electron chi connectivity index (χ3n) is 4.96. The number of carbonyl (C=O) groups excluding carboxylic acids is 1. The quantitative estimate of drug-likeness (QED) is 0.812. The Balaban J connectivity index is 1.43. The molecule has 26 heavy (non-hydrogen) atoms. The van der Waals surface area contributed by atoms with Crippen molar-refractivity contribution in [2.75, 3.05) is 13.2 Å². The van der Waals surface area contributed by atoms with Crippen molar-refractivity contribution in [1.29, 1.82) is 0 Å². The van der Waals surface area contributed by atoms with Crippen LogP contribution in [0.2, 0.25) is 0 Å². The van der Waals surface area contributed by atoms with Crippen LogP contribution in [0.5, 0.6) is 5.75 Å². The normalized spacial score (nSPS) is 24.9. The van der Waals surface area contributed by atoms with Crippen LogP contribution >= 0.6 is 0 Å². The lowest BCUT2D eigenvalue weighted by Crippen LogP contribution is -2.44. The molecule has 3 atom stereocenters. The van der Waals surface area contributed by atoms with Crippen LogP contribution in [0, 0.1) is 0 Å². The van der Waals surface area contributed by atoms with Crippen molar-refractivity contribution in [3.8, 4) is 5.75 Å². The van der Waals surface area contributed by atoms with Crippen LogP contribution < -0.4 is 4.74 Å². The predicted molar refractivity (Wildman–Crippen MR) is 93.5 cm³/mol. The average Bonchev–Trinajstić information content (AvgIpc) is 3.06. The fraction of sp³-hybridized carbons (Fsp3) is 0.474. The molecule has 2 fully saturated rings. The monoisotopic (exact) mass is 354 g/mol. The molecule has 7 nitrogen and oxygen atoms in total. The molecule has 0 unspecified atom stereocenters. The molecule has 0 N–H and O–H groups in total. The third kappa shape index (κ3) is 3.67. The van der Waals surface area contributed by atoms with Crippen LogP contribution in [0.3, 0.4) is 0 Å². The Hall–Kier alpha value is -2.54. The van der Waals surface area contributed by atoms with Crippen molar-refractivity contribution in [2.45, 2.75) is 43.9 Å². The largest absolute Gasteiger partial charge is 0.484 e. The Morgan fingerprint density at radius 2 is 2.15 bits per heavy atom. The molecular formula is C19H22N4O3. The lowest BCUT2D eigenvalue weighted by Gasteiger charge is -2.32. The second-order valence-corrected chi connectivity index (χ2v) is 6.68. The maximum Gasteiger partial charge on any atom is 0.223 e.